The van der Waals surface area contributed by atoms with Gasteiger partial charge in [0.15, 0.2) is 6.61 Å². The number of halogens is 3. The number of carbonyl (C=O) groups excluding carboxylic acids is 3. The van der Waals surface area contributed by atoms with E-state index in [4.69, 9.17) is 4.74 Å². The van der Waals surface area contributed by atoms with E-state index in [1.54, 1.807) is 17.4 Å². The zero-order valence-corrected chi connectivity index (χ0v) is 14.8. The van der Waals surface area contributed by atoms with Crippen molar-refractivity contribution in [3.63, 3.8) is 0 Å². The van der Waals surface area contributed by atoms with Gasteiger partial charge in [-0.15, -0.1) is 0 Å². The van der Waals surface area contributed by atoms with Crippen LogP contribution in [-0.4, -0.2) is 30.6 Å². The highest BCUT2D eigenvalue weighted by Crippen LogP contribution is 2.19. The number of amides is 2. The Labute approximate surface area is 158 Å². The summed E-state index contributed by atoms with van der Waals surface area (Å²) in [4.78, 5) is 34.9. The van der Waals surface area contributed by atoms with Crippen molar-refractivity contribution < 1.29 is 32.3 Å². The molecule has 2 N–H and O–H groups in total. The lowest BCUT2D eigenvalue weighted by atomic mass is 10.1. The monoisotopic (exact) mass is 394 g/mol. The lowest BCUT2D eigenvalue weighted by Gasteiger charge is -2.11. The third-order valence-electron chi connectivity index (χ3n) is 3.62. The predicted molar refractivity (Wildman–Crippen MR) is 95.9 cm³/mol. The lowest BCUT2D eigenvalue weighted by molar-refractivity contribution is -0.167. The molecule has 2 aromatic carbocycles. The van der Waals surface area contributed by atoms with Crippen molar-refractivity contribution in [2.24, 2.45) is 0 Å². The van der Waals surface area contributed by atoms with Crippen LogP contribution >= 0.6 is 0 Å². The number of anilines is 2. The average molecular weight is 394 g/mol. The van der Waals surface area contributed by atoms with Crippen LogP contribution in [0.3, 0.4) is 0 Å². The molecule has 28 heavy (non-hydrogen) atoms. The molecule has 0 radical (unpaired) electrons. The maximum absolute atomic E-state index is 12.3. The topological polar surface area (TPSA) is 84.5 Å². The third kappa shape index (κ3) is 5.83. The summed E-state index contributed by atoms with van der Waals surface area (Å²) >= 11 is 0. The first kappa shape index (κ1) is 20.9. The summed E-state index contributed by atoms with van der Waals surface area (Å²) in [6, 6.07) is 11.9. The molecule has 0 spiro atoms. The van der Waals surface area contributed by atoms with E-state index in [2.05, 4.69) is 5.32 Å². The Kier molecular flexibility index (Phi) is 6.75. The van der Waals surface area contributed by atoms with E-state index < -0.39 is 30.6 Å². The molecule has 0 bridgehead atoms. The molecule has 0 saturated carbocycles. The Morgan fingerprint density at radius 3 is 2.39 bits per heavy atom. The molecule has 0 aliphatic heterocycles. The molecule has 0 atom stereocenters. The number of ether oxygens (including phenoxy) is 1. The molecule has 0 heterocycles. The van der Waals surface area contributed by atoms with E-state index in [1.807, 2.05) is 19.1 Å². The molecular weight excluding hydrogens is 377 g/mol. The van der Waals surface area contributed by atoms with Crippen LogP contribution < -0.4 is 10.6 Å². The van der Waals surface area contributed by atoms with Gasteiger partial charge >= 0.3 is 18.1 Å². The second-order valence-corrected chi connectivity index (χ2v) is 5.67. The second kappa shape index (κ2) is 9.03. The minimum absolute atomic E-state index is 0.110. The largest absolute Gasteiger partial charge is 0.471 e. The molecule has 2 aromatic rings. The molecule has 0 aliphatic carbocycles. The van der Waals surface area contributed by atoms with Gasteiger partial charge in [-0.3, -0.25) is 9.59 Å². The van der Waals surface area contributed by atoms with Crippen LogP contribution in [0.5, 0.6) is 0 Å². The van der Waals surface area contributed by atoms with Crippen LogP contribution in [0.2, 0.25) is 0 Å². The Morgan fingerprint density at radius 2 is 1.71 bits per heavy atom. The fraction of sp³-hybridized carbons (Fsp3) is 0.211. The average Bonchev–Trinajstić information content (AvgIpc) is 2.66. The molecule has 0 fully saturated rings. The minimum Gasteiger partial charge on any atom is -0.452 e. The second-order valence-electron chi connectivity index (χ2n) is 5.67. The molecule has 2 amide bonds. The summed E-state index contributed by atoms with van der Waals surface area (Å²) in [5, 5.41) is 4.26. The number of carbonyl (C=O) groups is 3. The summed E-state index contributed by atoms with van der Waals surface area (Å²) in [6.45, 7) is 1.35. The number of benzene rings is 2. The smallest absolute Gasteiger partial charge is 0.452 e. The van der Waals surface area contributed by atoms with Crippen LogP contribution in [0.25, 0.3) is 0 Å². The van der Waals surface area contributed by atoms with Gasteiger partial charge in [0.05, 0.1) is 5.56 Å². The first-order valence-corrected chi connectivity index (χ1v) is 8.24. The zero-order valence-electron chi connectivity index (χ0n) is 14.8. The number of esters is 1. The normalized spacial score (nSPS) is 10.9. The first-order chi connectivity index (χ1) is 13.2. The number of hydrogen-bond acceptors (Lipinski definition) is 4. The molecule has 9 heteroatoms. The molecule has 0 aliphatic rings. The summed E-state index contributed by atoms with van der Waals surface area (Å²) in [6.07, 6.45) is -4.35. The van der Waals surface area contributed by atoms with Crippen LogP contribution in [0.4, 0.5) is 24.5 Å². The summed E-state index contributed by atoms with van der Waals surface area (Å²) in [5.74, 6) is -3.63. The molecule has 2 rings (SSSR count). The number of hydrogen-bond donors (Lipinski definition) is 2. The van der Waals surface area contributed by atoms with E-state index in [-0.39, 0.29) is 11.3 Å². The zero-order chi connectivity index (χ0) is 20.7. The highest BCUT2D eigenvalue weighted by molar-refractivity contribution is 5.98. The number of nitrogens with one attached hydrogen (secondary N) is 2. The van der Waals surface area contributed by atoms with Gasteiger partial charge in [-0.2, -0.15) is 13.2 Å². The molecule has 0 saturated heterocycles. The first-order valence-electron chi connectivity index (χ1n) is 8.24. The van der Waals surface area contributed by atoms with E-state index in [0.29, 0.717) is 12.1 Å². The number of alkyl halides is 3. The van der Waals surface area contributed by atoms with Crippen LogP contribution in [-0.2, 0) is 20.7 Å². The molecule has 148 valence electrons. The van der Waals surface area contributed by atoms with Crippen molar-refractivity contribution >= 4 is 29.2 Å². The van der Waals surface area contributed by atoms with Crippen molar-refractivity contribution in [2.45, 2.75) is 19.5 Å². The Morgan fingerprint density at radius 1 is 1.00 bits per heavy atom. The van der Waals surface area contributed by atoms with E-state index in [9.17, 15) is 27.6 Å². The number of rotatable bonds is 6. The van der Waals surface area contributed by atoms with Gasteiger partial charge in [-0.05, 0) is 36.2 Å². The van der Waals surface area contributed by atoms with E-state index in [1.165, 1.54) is 18.2 Å². The van der Waals surface area contributed by atoms with Gasteiger partial charge in [-0.1, -0.05) is 31.2 Å². The van der Waals surface area contributed by atoms with Crippen molar-refractivity contribution in [1.82, 2.24) is 0 Å². The van der Waals surface area contributed by atoms with Crippen molar-refractivity contribution in [3.05, 3.63) is 59.7 Å². The lowest BCUT2D eigenvalue weighted by Crippen LogP contribution is -2.30. The minimum atomic E-state index is -5.05. The van der Waals surface area contributed by atoms with Crippen molar-refractivity contribution in [2.75, 3.05) is 17.2 Å². The SMILES string of the molecule is CCc1ccccc1NC(=O)COC(=O)c1cccc(NC(=O)C(F)(F)F)c1. The fourth-order valence-corrected chi connectivity index (χ4v) is 2.28. The molecular formula is C19H17F3N2O4. The Hall–Kier alpha value is -3.36. The summed E-state index contributed by atoms with van der Waals surface area (Å²) in [5.41, 5.74) is 1.18. The Bertz CT molecular complexity index is 881. The van der Waals surface area contributed by atoms with Crippen molar-refractivity contribution in [3.8, 4) is 0 Å². The van der Waals surface area contributed by atoms with Gasteiger partial charge in [0.1, 0.15) is 0 Å². The maximum atomic E-state index is 12.3. The predicted octanol–water partition coefficient (Wildman–Crippen LogP) is 3.55. The fourth-order valence-electron chi connectivity index (χ4n) is 2.28. The number of aryl methyl sites for hydroxylation is 1. The Balaban J connectivity index is 1.95. The third-order valence-corrected chi connectivity index (χ3v) is 3.62. The van der Waals surface area contributed by atoms with Crippen LogP contribution in [0.1, 0.15) is 22.8 Å². The van der Waals surface area contributed by atoms with Crippen LogP contribution in [0.15, 0.2) is 48.5 Å². The standard InChI is InChI=1S/C19H17F3N2O4/c1-2-12-6-3-4-9-15(12)24-16(25)11-28-17(26)13-7-5-8-14(10-13)23-18(27)19(20,21)22/h3-10H,2,11H2,1H3,(H,23,27)(H,24,25). The van der Waals surface area contributed by atoms with Gasteiger partial charge in [0.2, 0.25) is 0 Å². The molecule has 0 aromatic heterocycles. The maximum Gasteiger partial charge on any atom is 0.471 e. The molecule has 0 unspecified atom stereocenters. The van der Waals surface area contributed by atoms with Crippen molar-refractivity contribution in [1.29, 1.82) is 0 Å². The van der Waals surface area contributed by atoms with Gasteiger partial charge in [0.25, 0.3) is 5.91 Å². The summed E-state index contributed by atoms with van der Waals surface area (Å²) in [7, 11) is 0. The van der Waals surface area contributed by atoms with Gasteiger partial charge < -0.3 is 15.4 Å². The van der Waals surface area contributed by atoms with E-state index in [0.717, 1.165) is 11.6 Å². The van der Waals surface area contributed by atoms with Gasteiger partial charge in [0, 0.05) is 11.4 Å². The molecule has 6 nitrogen and oxygen atoms in total. The van der Waals surface area contributed by atoms with Crippen LogP contribution in [0, 0.1) is 0 Å². The quantitative estimate of drug-likeness (QED) is 0.734. The van der Waals surface area contributed by atoms with E-state index >= 15 is 0 Å². The highest BCUT2D eigenvalue weighted by Gasteiger charge is 2.38. The number of para-hydroxylation sites is 1. The van der Waals surface area contributed by atoms with Gasteiger partial charge in [-0.25, -0.2) is 4.79 Å². The highest BCUT2D eigenvalue weighted by atomic mass is 19.4. The summed E-state index contributed by atoms with van der Waals surface area (Å²) < 4.78 is 41.7.